The Morgan fingerprint density at radius 3 is 2.94 bits per heavy atom. The maximum absolute atomic E-state index is 13.1. The summed E-state index contributed by atoms with van der Waals surface area (Å²) in [5.41, 5.74) is 2.33. The second-order valence-electron chi connectivity index (χ2n) is 5.09. The molecule has 1 aromatic carbocycles. The van der Waals surface area contributed by atoms with Gasteiger partial charge in [-0.05, 0) is 56.4 Å². The second kappa shape index (κ2) is 5.15. The van der Waals surface area contributed by atoms with E-state index in [0.717, 1.165) is 24.8 Å². The van der Waals surface area contributed by atoms with Gasteiger partial charge in [-0.2, -0.15) is 0 Å². The smallest absolute Gasteiger partial charge is 0.123 e. The molecule has 0 spiro atoms. The van der Waals surface area contributed by atoms with E-state index in [1.54, 1.807) is 13.0 Å². The number of fused-ring (bicyclic) bond motifs is 1. The minimum absolute atomic E-state index is 0.151. The first-order valence-corrected chi connectivity index (χ1v) is 6.28. The van der Waals surface area contributed by atoms with Crippen LogP contribution in [0.25, 0.3) is 0 Å². The van der Waals surface area contributed by atoms with Gasteiger partial charge in [0, 0.05) is 12.1 Å². The van der Waals surface area contributed by atoms with E-state index in [0.29, 0.717) is 6.04 Å². The van der Waals surface area contributed by atoms with Gasteiger partial charge in [-0.3, -0.25) is 0 Å². The van der Waals surface area contributed by atoms with Crippen molar-refractivity contribution in [2.24, 2.45) is 0 Å². The van der Waals surface area contributed by atoms with Gasteiger partial charge < -0.3 is 10.4 Å². The zero-order chi connectivity index (χ0) is 12.4. The Labute approximate surface area is 102 Å². The standard InChI is InChI=1S/C14H20FNO/c1-9(7-10(2)17)16-14-6-3-11-8-12(15)4-5-13(11)14/h4-5,8-10,14,16-17H,3,6-7H2,1-2H3. The Morgan fingerprint density at radius 1 is 1.47 bits per heavy atom. The van der Waals surface area contributed by atoms with Gasteiger partial charge >= 0.3 is 0 Å². The molecule has 94 valence electrons. The van der Waals surface area contributed by atoms with Crippen LogP contribution in [0.5, 0.6) is 0 Å². The fraction of sp³-hybridized carbons (Fsp3) is 0.571. The summed E-state index contributed by atoms with van der Waals surface area (Å²) < 4.78 is 13.1. The maximum Gasteiger partial charge on any atom is 0.123 e. The van der Waals surface area contributed by atoms with E-state index in [9.17, 15) is 9.50 Å². The topological polar surface area (TPSA) is 32.3 Å². The number of rotatable bonds is 4. The van der Waals surface area contributed by atoms with Gasteiger partial charge in [-0.25, -0.2) is 4.39 Å². The van der Waals surface area contributed by atoms with Crippen molar-refractivity contribution < 1.29 is 9.50 Å². The summed E-state index contributed by atoms with van der Waals surface area (Å²) in [4.78, 5) is 0. The lowest BCUT2D eigenvalue weighted by atomic mass is 10.1. The van der Waals surface area contributed by atoms with E-state index in [4.69, 9.17) is 0 Å². The molecule has 0 saturated heterocycles. The summed E-state index contributed by atoms with van der Waals surface area (Å²) in [7, 11) is 0. The van der Waals surface area contributed by atoms with E-state index < -0.39 is 0 Å². The molecule has 2 nitrogen and oxygen atoms in total. The molecule has 0 heterocycles. The van der Waals surface area contributed by atoms with Crippen LogP contribution in [-0.2, 0) is 6.42 Å². The van der Waals surface area contributed by atoms with Crippen molar-refractivity contribution in [3.05, 3.63) is 35.1 Å². The normalized spacial score (nSPS) is 22.2. The molecule has 0 amide bonds. The third-order valence-electron chi connectivity index (χ3n) is 3.36. The van der Waals surface area contributed by atoms with Gasteiger partial charge in [-0.15, -0.1) is 0 Å². The van der Waals surface area contributed by atoms with Crippen LogP contribution >= 0.6 is 0 Å². The molecule has 0 bridgehead atoms. The van der Waals surface area contributed by atoms with Crippen LogP contribution in [0.1, 0.15) is 43.9 Å². The number of aliphatic hydroxyl groups excluding tert-OH is 1. The molecule has 3 unspecified atom stereocenters. The molecule has 1 aromatic rings. The molecule has 1 aliphatic carbocycles. The first-order valence-electron chi connectivity index (χ1n) is 6.28. The molecule has 3 heteroatoms. The lowest BCUT2D eigenvalue weighted by Gasteiger charge is -2.21. The van der Waals surface area contributed by atoms with Crippen molar-refractivity contribution in [2.75, 3.05) is 0 Å². The van der Waals surface area contributed by atoms with Gasteiger partial charge in [-0.1, -0.05) is 6.07 Å². The van der Waals surface area contributed by atoms with Crippen LogP contribution < -0.4 is 5.32 Å². The summed E-state index contributed by atoms with van der Waals surface area (Å²) in [5, 5.41) is 12.8. The van der Waals surface area contributed by atoms with E-state index in [2.05, 4.69) is 12.2 Å². The molecular formula is C14H20FNO. The summed E-state index contributed by atoms with van der Waals surface area (Å²) in [5.74, 6) is -0.151. The second-order valence-corrected chi connectivity index (χ2v) is 5.09. The van der Waals surface area contributed by atoms with Crippen LogP contribution in [0.3, 0.4) is 0 Å². The highest BCUT2D eigenvalue weighted by Crippen LogP contribution is 2.32. The quantitative estimate of drug-likeness (QED) is 0.843. The highest BCUT2D eigenvalue weighted by Gasteiger charge is 2.24. The number of hydrogen-bond acceptors (Lipinski definition) is 2. The average Bonchev–Trinajstić information content (AvgIpc) is 2.59. The van der Waals surface area contributed by atoms with E-state index in [1.165, 1.54) is 11.6 Å². The van der Waals surface area contributed by atoms with Crippen LogP contribution in [0, 0.1) is 5.82 Å². The van der Waals surface area contributed by atoms with Crippen molar-refractivity contribution in [3.8, 4) is 0 Å². The third-order valence-corrected chi connectivity index (χ3v) is 3.36. The van der Waals surface area contributed by atoms with Crippen molar-refractivity contribution in [1.29, 1.82) is 0 Å². The Morgan fingerprint density at radius 2 is 2.24 bits per heavy atom. The predicted octanol–water partition coefficient (Wildman–Crippen LogP) is 2.56. The number of benzene rings is 1. The maximum atomic E-state index is 13.1. The van der Waals surface area contributed by atoms with Crippen molar-refractivity contribution >= 4 is 0 Å². The monoisotopic (exact) mass is 237 g/mol. The van der Waals surface area contributed by atoms with Crippen molar-refractivity contribution in [3.63, 3.8) is 0 Å². The summed E-state index contributed by atoms with van der Waals surface area (Å²) >= 11 is 0. The molecule has 0 aliphatic heterocycles. The highest BCUT2D eigenvalue weighted by molar-refractivity contribution is 5.35. The first kappa shape index (κ1) is 12.5. The number of hydrogen-bond donors (Lipinski definition) is 2. The fourth-order valence-electron chi connectivity index (χ4n) is 2.68. The molecule has 3 atom stereocenters. The van der Waals surface area contributed by atoms with E-state index in [1.807, 2.05) is 6.07 Å². The number of aliphatic hydroxyl groups is 1. The molecule has 0 radical (unpaired) electrons. The van der Waals surface area contributed by atoms with Crippen LogP contribution in [0.2, 0.25) is 0 Å². The zero-order valence-electron chi connectivity index (χ0n) is 10.4. The minimum atomic E-state index is -0.286. The van der Waals surface area contributed by atoms with Crippen molar-refractivity contribution in [1.82, 2.24) is 5.32 Å². The Bertz CT molecular complexity index is 392. The van der Waals surface area contributed by atoms with E-state index in [-0.39, 0.29) is 18.0 Å². The van der Waals surface area contributed by atoms with Gasteiger partial charge in [0.25, 0.3) is 0 Å². The molecule has 17 heavy (non-hydrogen) atoms. The van der Waals surface area contributed by atoms with Gasteiger partial charge in [0.2, 0.25) is 0 Å². The largest absolute Gasteiger partial charge is 0.393 e. The van der Waals surface area contributed by atoms with Gasteiger partial charge in [0.1, 0.15) is 5.82 Å². The molecular weight excluding hydrogens is 217 g/mol. The lowest BCUT2D eigenvalue weighted by Crippen LogP contribution is -2.31. The average molecular weight is 237 g/mol. The molecule has 0 aromatic heterocycles. The molecule has 0 saturated carbocycles. The summed E-state index contributed by atoms with van der Waals surface area (Å²) in [6.45, 7) is 3.88. The summed E-state index contributed by atoms with van der Waals surface area (Å²) in [6, 6.07) is 5.62. The SMILES string of the molecule is CC(O)CC(C)NC1CCc2cc(F)ccc21. The third kappa shape index (κ3) is 3.05. The van der Waals surface area contributed by atoms with Crippen LogP contribution in [0.4, 0.5) is 4.39 Å². The molecule has 0 fully saturated rings. The zero-order valence-corrected chi connectivity index (χ0v) is 10.4. The Hall–Kier alpha value is -0.930. The molecule has 2 N–H and O–H groups in total. The minimum Gasteiger partial charge on any atom is -0.393 e. The summed E-state index contributed by atoms with van der Waals surface area (Å²) in [6.07, 6.45) is 2.41. The predicted molar refractivity (Wildman–Crippen MR) is 66.4 cm³/mol. The van der Waals surface area contributed by atoms with Crippen molar-refractivity contribution in [2.45, 2.75) is 51.3 Å². The fourth-order valence-corrected chi connectivity index (χ4v) is 2.68. The molecule has 1 aliphatic rings. The van der Waals surface area contributed by atoms with Gasteiger partial charge in [0.15, 0.2) is 0 Å². The Balaban J connectivity index is 2.02. The van der Waals surface area contributed by atoms with E-state index >= 15 is 0 Å². The number of nitrogens with one attached hydrogen (secondary N) is 1. The number of halogens is 1. The molecule has 2 rings (SSSR count). The highest BCUT2D eigenvalue weighted by atomic mass is 19.1. The van der Waals surface area contributed by atoms with Crippen LogP contribution in [0.15, 0.2) is 18.2 Å². The lowest BCUT2D eigenvalue weighted by molar-refractivity contribution is 0.168. The van der Waals surface area contributed by atoms with Crippen LogP contribution in [-0.4, -0.2) is 17.3 Å². The number of aryl methyl sites for hydroxylation is 1. The Kier molecular flexibility index (Phi) is 3.79. The van der Waals surface area contributed by atoms with Gasteiger partial charge in [0.05, 0.1) is 6.10 Å². The first-order chi connectivity index (χ1) is 8.06.